The summed E-state index contributed by atoms with van der Waals surface area (Å²) in [5.41, 5.74) is 3.74. The van der Waals surface area contributed by atoms with Crippen LogP contribution < -0.4 is 9.62 Å². The normalized spacial score (nSPS) is 14.1. The predicted octanol–water partition coefficient (Wildman–Crippen LogP) is 6.96. The van der Waals surface area contributed by atoms with E-state index in [1.807, 2.05) is 80.6 Å². The van der Waals surface area contributed by atoms with Crippen LogP contribution in [0.4, 0.5) is 5.69 Å². The number of rotatable bonds is 12. The summed E-state index contributed by atoms with van der Waals surface area (Å²) >= 11 is 3.53. The summed E-state index contributed by atoms with van der Waals surface area (Å²) in [6, 6.07) is 30.1. The van der Waals surface area contributed by atoms with Crippen molar-refractivity contribution in [3.05, 3.63) is 130 Å². The van der Waals surface area contributed by atoms with E-state index in [0.29, 0.717) is 5.69 Å². The fourth-order valence-electron chi connectivity index (χ4n) is 5.97. The monoisotopic (exact) mass is 701 g/mol. The summed E-state index contributed by atoms with van der Waals surface area (Å²) in [5, 5.41) is 3.22. The second-order valence-electron chi connectivity index (χ2n) is 12.0. The van der Waals surface area contributed by atoms with E-state index in [-0.39, 0.29) is 29.8 Å². The third-order valence-corrected chi connectivity index (χ3v) is 10.7. The van der Waals surface area contributed by atoms with Gasteiger partial charge in [-0.05, 0) is 79.3 Å². The molecule has 240 valence electrons. The third-order valence-electron chi connectivity index (χ3n) is 8.46. The predicted molar refractivity (Wildman–Crippen MR) is 186 cm³/mol. The molecule has 0 spiro atoms. The number of carbonyl (C=O) groups excluding carboxylic acids is 2. The number of nitrogens with zero attached hydrogens (tertiary/aromatic N) is 2. The molecular formula is C37H40BrN3O4S. The van der Waals surface area contributed by atoms with E-state index in [0.717, 1.165) is 52.4 Å². The highest BCUT2D eigenvalue weighted by molar-refractivity contribution is 9.10. The summed E-state index contributed by atoms with van der Waals surface area (Å²) in [6.07, 6.45) is 4.19. The van der Waals surface area contributed by atoms with Gasteiger partial charge in [0.2, 0.25) is 11.8 Å². The molecule has 4 aromatic carbocycles. The zero-order chi connectivity index (χ0) is 32.7. The first-order valence-electron chi connectivity index (χ1n) is 15.6. The Morgan fingerprint density at radius 3 is 2.17 bits per heavy atom. The average Bonchev–Trinajstić information content (AvgIpc) is 3.56. The molecule has 0 aromatic heterocycles. The lowest BCUT2D eigenvalue weighted by Gasteiger charge is -2.34. The molecule has 5 rings (SSSR count). The minimum atomic E-state index is -4.15. The van der Waals surface area contributed by atoms with Gasteiger partial charge in [-0.1, -0.05) is 102 Å². The SMILES string of the molecule is Cc1ccc(C)c(N(CC(=O)N(Cc2cccc(Br)c2)[C@H](Cc2ccccc2)C(=O)NC2CCCC2)S(=O)(=O)c2ccccc2)c1. The van der Waals surface area contributed by atoms with Gasteiger partial charge in [0.15, 0.2) is 0 Å². The van der Waals surface area contributed by atoms with Crippen molar-refractivity contribution in [2.75, 3.05) is 10.8 Å². The first-order valence-corrected chi connectivity index (χ1v) is 17.9. The number of hydrogen-bond donors (Lipinski definition) is 1. The van der Waals surface area contributed by atoms with Crippen molar-refractivity contribution in [1.29, 1.82) is 0 Å². The second kappa shape index (κ2) is 15.1. The molecule has 9 heteroatoms. The van der Waals surface area contributed by atoms with Crippen LogP contribution in [0.5, 0.6) is 0 Å². The van der Waals surface area contributed by atoms with Gasteiger partial charge in [-0.25, -0.2) is 8.42 Å². The highest BCUT2D eigenvalue weighted by atomic mass is 79.9. The van der Waals surface area contributed by atoms with Crippen molar-refractivity contribution in [3.8, 4) is 0 Å². The Labute approximate surface area is 280 Å². The van der Waals surface area contributed by atoms with Gasteiger partial charge in [0.1, 0.15) is 12.6 Å². The lowest BCUT2D eigenvalue weighted by Crippen LogP contribution is -2.54. The fourth-order valence-corrected chi connectivity index (χ4v) is 7.91. The minimum Gasteiger partial charge on any atom is -0.352 e. The van der Waals surface area contributed by atoms with E-state index >= 15 is 0 Å². The molecule has 1 aliphatic carbocycles. The molecule has 0 bridgehead atoms. The van der Waals surface area contributed by atoms with Crippen LogP contribution in [0.3, 0.4) is 0 Å². The van der Waals surface area contributed by atoms with Crippen molar-refractivity contribution in [3.63, 3.8) is 0 Å². The number of amides is 2. The van der Waals surface area contributed by atoms with Crippen molar-refractivity contribution < 1.29 is 18.0 Å². The molecule has 1 N–H and O–H groups in total. The summed E-state index contributed by atoms with van der Waals surface area (Å²) in [4.78, 5) is 30.5. The van der Waals surface area contributed by atoms with Crippen molar-refractivity contribution >= 4 is 43.5 Å². The number of nitrogens with one attached hydrogen (secondary N) is 1. The van der Waals surface area contributed by atoms with E-state index in [2.05, 4.69) is 21.2 Å². The zero-order valence-corrected chi connectivity index (χ0v) is 28.6. The first kappa shape index (κ1) is 33.4. The number of aryl methyl sites for hydroxylation is 2. The van der Waals surface area contributed by atoms with Gasteiger partial charge >= 0.3 is 0 Å². The Morgan fingerprint density at radius 2 is 1.50 bits per heavy atom. The first-order chi connectivity index (χ1) is 22.1. The van der Waals surface area contributed by atoms with Gasteiger partial charge in [-0.2, -0.15) is 0 Å². The average molecular weight is 703 g/mol. The number of sulfonamides is 1. The Balaban J connectivity index is 1.58. The number of hydrogen-bond acceptors (Lipinski definition) is 4. The maximum Gasteiger partial charge on any atom is 0.264 e. The Bertz CT molecular complexity index is 1760. The number of anilines is 1. The molecule has 1 atom stereocenters. The zero-order valence-electron chi connectivity index (χ0n) is 26.2. The van der Waals surface area contributed by atoms with E-state index in [4.69, 9.17) is 0 Å². The summed E-state index contributed by atoms with van der Waals surface area (Å²) < 4.78 is 30.5. The van der Waals surface area contributed by atoms with Gasteiger partial charge in [-0.15, -0.1) is 0 Å². The molecule has 4 aromatic rings. The third kappa shape index (κ3) is 8.25. The number of benzene rings is 4. The van der Waals surface area contributed by atoms with E-state index in [9.17, 15) is 18.0 Å². The summed E-state index contributed by atoms with van der Waals surface area (Å²) in [7, 11) is -4.15. The van der Waals surface area contributed by atoms with Crippen LogP contribution in [0.25, 0.3) is 0 Å². The van der Waals surface area contributed by atoms with Crippen LogP contribution in [0.15, 0.2) is 112 Å². The summed E-state index contributed by atoms with van der Waals surface area (Å²) in [5.74, 6) is -0.703. The minimum absolute atomic E-state index is 0.0542. The maximum atomic E-state index is 14.7. The Morgan fingerprint density at radius 1 is 0.848 bits per heavy atom. The van der Waals surface area contributed by atoms with Gasteiger partial charge in [-0.3, -0.25) is 13.9 Å². The highest BCUT2D eigenvalue weighted by Gasteiger charge is 2.36. The van der Waals surface area contributed by atoms with Crippen LogP contribution in [0, 0.1) is 13.8 Å². The van der Waals surface area contributed by atoms with Crippen LogP contribution >= 0.6 is 15.9 Å². The van der Waals surface area contributed by atoms with Gasteiger partial charge in [0, 0.05) is 23.5 Å². The molecular weight excluding hydrogens is 662 g/mol. The quantitative estimate of drug-likeness (QED) is 0.173. The number of halogens is 1. The highest BCUT2D eigenvalue weighted by Crippen LogP contribution is 2.29. The van der Waals surface area contributed by atoms with Crippen molar-refractivity contribution in [2.45, 2.75) is 69.5 Å². The Kier molecular flexibility index (Phi) is 11.0. The van der Waals surface area contributed by atoms with Gasteiger partial charge in [0.25, 0.3) is 10.0 Å². The van der Waals surface area contributed by atoms with Crippen LogP contribution in [-0.2, 0) is 32.6 Å². The molecule has 1 aliphatic rings. The standard InChI is InChI=1S/C37H40BrN3O4S/c1-27-20-21-28(2)34(22-27)41(46(44,45)33-18-7-4-8-19-33)26-36(42)40(25-30-14-11-15-31(38)23-30)35(24-29-12-5-3-6-13-29)37(43)39-32-16-9-10-17-32/h3-8,11-15,18-23,32,35H,9-10,16-17,24-26H2,1-2H3,(H,39,43)/t35-/m1/s1. The summed E-state index contributed by atoms with van der Waals surface area (Å²) in [6.45, 7) is 3.37. The van der Waals surface area contributed by atoms with Crippen LogP contribution in [0.2, 0.25) is 0 Å². The molecule has 46 heavy (non-hydrogen) atoms. The molecule has 2 amide bonds. The molecule has 0 saturated heterocycles. The fraction of sp³-hybridized carbons (Fsp3) is 0.297. The Hall–Kier alpha value is -3.95. The van der Waals surface area contributed by atoms with Crippen LogP contribution in [-0.4, -0.2) is 43.8 Å². The molecule has 1 saturated carbocycles. The molecule has 7 nitrogen and oxygen atoms in total. The molecule has 0 heterocycles. The van der Waals surface area contributed by atoms with Crippen molar-refractivity contribution in [1.82, 2.24) is 10.2 Å². The number of carbonyl (C=O) groups is 2. The van der Waals surface area contributed by atoms with E-state index in [1.54, 1.807) is 29.2 Å². The van der Waals surface area contributed by atoms with Gasteiger partial charge < -0.3 is 10.2 Å². The lowest BCUT2D eigenvalue weighted by molar-refractivity contribution is -0.140. The van der Waals surface area contributed by atoms with Crippen molar-refractivity contribution in [2.24, 2.45) is 0 Å². The molecule has 0 unspecified atom stereocenters. The topological polar surface area (TPSA) is 86.8 Å². The van der Waals surface area contributed by atoms with E-state index < -0.39 is 28.5 Å². The largest absolute Gasteiger partial charge is 0.352 e. The molecule has 0 radical (unpaired) electrons. The smallest absolute Gasteiger partial charge is 0.264 e. The molecule has 1 fully saturated rings. The van der Waals surface area contributed by atoms with E-state index in [1.165, 1.54) is 16.4 Å². The molecule has 0 aliphatic heterocycles. The maximum absolute atomic E-state index is 14.7. The lowest BCUT2D eigenvalue weighted by atomic mass is 10.0. The second-order valence-corrected chi connectivity index (χ2v) is 14.7. The van der Waals surface area contributed by atoms with Gasteiger partial charge in [0.05, 0.1) is 10.6 Å². The van der Waals surface area contributed by atoms with Crippen LogP contribution in [0.1, 0.15) is 47.9 Å².